The van der Waals surface area contributed by atoms with E-state index in [1.807, 2.05) is 20.9 Å². The molecule has 1 unspecified atom stereocenters. The SMILES string of the molecule is Cc1c(C(C)NC(=O)c2ccc(Br)cc2N)cnn1C. The molecule has 0 aliphatic carbocycles. The Labute approximate surface area is 126 Å². The van der Waals surface area contributed by atoms with Gasteiger partial charge in [0.25, 0.3) is 5.91 Å². The lowest BCUT2D eigenvalue weighted by Crippen LogP contribution is -2.27. The number of nitrogen functional groups attached to an aromatic ring is 1. The van der Waals surface area contributed by atoms with Gasteiger partial charge in [0.15, 0.2) is 0 Å². The molecule has 0 radical (unpaired) electrons. The molecule has 2 rings (SSSR count). The molecule has 3 N–H and O–H groups in total. The average Bonchev–Trinajstić information content (AvgIpc) is 2.69. The minimum atomic E-state index is -0.189. The zero-order valence-corrected chi connectivity index (χ0v) is 13.2. The lowest BCUT2D eigenvalue weighted by molar-refractivity contribution is 0.0940. The van der Waals surface area contributed by atoms with Gasteiger partial charge in [-0.3, -0.25) is 9.48 Å². The van der Waals surface area contributed by atoms with Crippen molar-refractivity contribution >= 4 is 27.5 Å². The molecule has 0 saturated carbocycles. The largest absolute Gasteiger partial charge is 0.398 e. The Balaban J connectivity index is 2.17. The molecule has 1 aromatic heterocycles. The summed E-state index contributed by atoms with van der Waals surface area (Å²) in [6, 6.07) is 5.09. The molecular formula is C14H17BrN4O. The van der Waals surface area contributed by atoms with Crippen LogP contribution in [0.25, 0.3) is 0 Å². The smallest absolute Gasteiger partial charge is 0.253 e. The number of nitrogens with zero attached hydrogens (tertiary/aromatic N) is 2. The van der Waals surface area contributed by atoms with Gasteiger partial charge in [-0.1, -0.05) is 15.9 Å². The minimum absolute atomic E-state index is 0.126. The predicted octanol–water partition coefficient (Wildman–Crippen LogP) is 2.56. The molecule has 0 fully saturated rings. The first-order chi connectivity index (χ1) is 9.40. The van der Waals surface area contributed by atoms with Crippen molar-refractivity contribution < 1.29 is 4.79 Å². The number of anilines is 1. The van der Waals surface area contributed by atoms with Crippen molar-refractivity contribution in [2.45, 2.75) is 19.9 Å². The first-order valence-electron chi connectivity index (χ1n) is 6.24. The van der Waals surface area contributed by atoms with Crippen LogP contribution < -0.4 is 11.1 Å². The fraction of sp³-hybridized carbons (Fsp3) is 0.286. The summed E-state index contributed by atoms with van der Waals surface area (Å²) in [6.07, 6.45) is 1.77. The highest BCUT2D eigenvalue weighted by Crippen LogP contribution is 2.21. The van der Waals surface area contributed by atoms with Crippen LogP contribution in [-0.4, -0.2) is 15.7 Å². The molecule has 0 bridgehead atoms. The molecule has 1 aromatic carbocycles. The van der Waals surface area contributed by atoms with Crippen LogP contribution >= 0.6 is 15.9 Å². The van der Waals surface area contributed by atoms with Crippen LogP contribution in [0.1, 0.15) is 34.6 Å². The standard InChI is InChI=1S/C14H17BrN4O/c1-8(12-7-17-19(3)9(12)2)18-14(20)11-5-4-10(15)6-13(11)16/h4-8H,16H2,1-3H3,(H,18,20). The second-order valence-corrected chi connectivity index (χ2v) is 5.65. The van der Waals surface area contributed by atoms with E-state index in [0.29, 0.717) is 11.3 Å². The van der Waals surface area contributed by atoms with E-state index in [9.17, 15) is 4.79 Å². The molecule has 5 nitrogen and oxygen atoms in total. The van der Waals surface area contributed by atoms with E-state index in [4.69, 9.17) is 5.73 Å². The summed E-state index contributed by atoms with van der Waals surface area (Å²) in [5.74, 6) is -0.189. The molecule has 0 aliphatic rings. The number of halogens is 1. The molecule has 1 amide bonds. The molecule has 0 spiro atoms. The topological polar surface area (TPSA) is 72.9 Å². The van der Waals surface area contributed by atoms with Gasteiger partial charge >= 0.3 is 0 Å². The van der Waals surface area contributed by atoms with E-state index in [0.717, 1.165) is 15.7 Å². The van der Waals surface area contributed by atoms with Gasteiger partial charge < -0.3 is 11.1 Å². The Kier molecular flexibility index (Phi) is 4.13. The highest BCUT2D eigenvalue weighted by atomic mass is 79.9. The molecule has 2 aromatic rings. The Hall–Kier alpha value is -1.82. The van der Waals surface area contributed by atoms with Crippen molar-refractivity contribution in [1.82, 2.24) is 15.1 Å². The van der Waals surface area contributed by atoms with Gasteiger partial charge in [-0.15, -0.1) is 0 Å². The third-order valence-corrected chi connectivity index (χ3v) is 3.84. The van der Waals surface area contributed by atoms with E-state index in [-0.39, 0.29) is 11.9 Å². The summed E-state index contributed by atoms with van der Waals surface area (Å²) >= 11 is 3.32. The molecule has 1 heterocycles. The quantitative estimate of drug-likeness (QED) is 0.846. The maximum Gasteiger partial charge on any atom is 0.253 e. The van der Waals surface area contributed by atoms with Gasteiger partial charge in [-0.25, -0.2) is 0 Å². The third-order valence-electron chi connectivity index (χ3n) is 3.35. The van der Waals surface area contributed by atoms with Crippen LogP contribution in [0.15, 0.2) is 28.9 Å². The molecular weight excluding hydrogens is 320 g/mol. The number of nitrogens with two attached hydrogens (primary N) is 1. The van der Waals surface area contributed by atoms with Crippen LogP contribution in [0, 0.1) is 6.92 Å². The third kappa shape index (κ3) is 2.85. The van der Waals surface area contributed by atoms with E-state index >= 15 is 0 Å². The Morgan fingerprint density at radius 3 is 2.75 bits per heavy atom. The second kappa shape index (κ2) is 5.66. The first kappa shape index (κ1) is 14.6. The fourth-order valence-electron chi connectivity index (χ4n) is 2.03. The number of benzene rings is 1. The van der Waals surface area contributed by atoms with Crippen LogP contribution in [0.5, 0.6) is 0 Å². The number of aromatic nitrogens is 2. The summed E-state index contributed by atoms with van der Waals surface area (Å²) in [7, 11) is 1.88. The van der Waals surface area contributed by atoms with Gasteiger partial charge in [0.1, 0.15) is 0 Å². The monoisotopic (exact) mass is 336 g/mol. The van der Waals surface area contributed by atoms with Gasteiger partial charge in [-0.2, -0.15) is 5.10 Å². The highest BCUT2D eigenvalue weighted by molar-refractivity contribution is 9.10. The van der Waals surface area contributed by atoms with Crippen molar-refractivity contribution in [1.29, 1.82) is 0 Å². The number of hydrogen-bond acceptors (Lipinski definition) is 3. The van der Waals surface area contributed by atoms with Crippen molar-refractivity contribution in [3.05, 3.63) is 45.7 Å². The fourth-order valence-corrected chi connectivity index (χ4v) is 2.41. The maximum atomic E-state index is 12.2. The number of amides is 1. The Morgan fingerprint density at radius 2 is 2.20 bits per heavy atom. The van der Waals surface area contributed by atoms with Crippen molar-refractivity contribution in [2.24, 2.45) is 7.05 Å². The summed E-state index contributed by atoms with van der Waals surface area (Å²) in [4.78, 5) is 12.2. The zero-order valence-electron chi connectivity index (χ0n) is 11.6. The minimum Gasteiger partial charge on any atom is -0.398 e. The Morgan fingerprint density at radius 1 is 1.50 bits per heavy atom. The molecule has 6 heteroatoms. The van der Waals surface area contributed by atoms with E-state index < -0.39 is 0 Å². The summed E-state index contributed by atoms with van der Waals surface area (Å²) < 4.78 is 2.63. The van der Waals surface area contributed by atoms with E-state index in [1.54, 1.807) is 29.1 Å². The number of aryl methyl sites for hydroxylation is 1. The van der Waals surface area contributed by atoms with Gasteiger partial charge in [0.2, 0.25) is 0 Å². The number of rotatable bonds is 3. The van der Waals surface area contributed by atoms with Gasteiger partial charge in [0, 0.05) is 28.5 Å². The number of carbonyl (C=O) groups is 1. The van der Waals surface area contributed by atoms with Crippen molar-refractivity contribution in [3.8, 4) is 0 Å². The lowest BCUT2D eigenvalue weighted by Gasteiger charge is -2.14. The Bertz CT molecular complexity index is 651. The summed E-state index contributed by atoms with van der Waals surface area (Å²) in [5, 5.41) is 7.12. The lowest BCUT2D eigenvalue weighted by atomic mass is 10.1. The molecule has 1 atom stereocenters. The summed E-state index contributed by atoms with van der Waals surface area (Å²) in [5.41, 5.74) is 8.81. The van der Waals surface area contributed by atoms with Crippen LogP contribution in [0.2, 0.25) is 0 Å². The highest BCUT2D eigenvalue weighted by Gasteiger charge is 2.17. The molecule has 20 heavy (non-hydrogen) atoms. The van der Waals surface area contributed by atoms with Crippen LogP contribution in [-0.2, 0) is 7.05 Å². The zero-order chi connectivity index (χ0) is 14.9. The number of hydrogen-bond donors (Lipinski definition) is 2. The first-order valence-corrected chi connectivity index (χ1v) is 7.04. The molecule has 0 saturated heterocycles. The summed E-state index contributed by atoms with van der Waals surface area (Å²) in [6.45, 7) is 3.90. The molecule has 0 aliphatic heterocycles. The normalized spacial score (nSPS) is 12.2. The average molecular weight is 337 g/mol. The molecule has 106 valence electrons. The second-order valence-electron chi connectivity index (χ2n) is 4.74. The van der Waals surface area contributed by atoms with Crippen molar-refractivity contribution in [2.75, 3.05) is 5.73 Å². The van der Waals surface area contributed by atoms with Crippen LogP contribution in [0.3, 0.4) is 0 Å². The maximum absolute atomic E-state index is 12.2. The van der Waals surface area contributed by atoms with Gasteiger partial charge in [0.05, 0.1) is 17.8 Å². The predicted molar refractivity (Wildman–Crippen MR) is 82.4 cm³/mol. The van der Waals surface area contributed by atoms with Gasteiger partial charge in [-0.05, 0) is 32.0 Å². The number of carbonyl (C=O) groups excluding carboxylic acids is 1. The van der Waals surface area contributed by atoms with Crippen LogP contribution in [0.4, 0.5) is 5.69 Å². The van der Waals surface area contributed by atoms with E-state index in [1.165, 1.54) is 0 Å². The van der Waals surface area contributed by atoms with Crippen molar-refractivity contribution in [3.63, 3.8) is 0 Å². The number of nitrogens with one attached hydrogen (secondary N) is 1. The van der Waals surface area contributed by atoms with E-state index in [2.05, 4.69) is 26.3 Å².